The standard InChI is InChI=1S/C15H16F3NO2.C4H5N3/c1-2-14(20)19-8-7-13(9-19)21-10-11-3-5-12(6-4-11)15(16,17)18;5-4-6-2-1-3-7-4/h2-6,13H,1,7-10H2;1-3H,(H2,5,6,7). The second-order valence-electron chi connectivity index (χ2n) is 6.01. The van der Waals surface area contributed by atoms with Crippen molar-refractivity contribution in [3.05, 3.63) is 66.5 Å². The van der Waals surface area contributed by atoms with Crippen LogP contribution >= 0.6 is 0 Å². The van der Waals surface area contributed by atoms with Crippen molar-refractivity contribution in [1.82, 2.24) is 14.9 Å². The van der Waals surface area contributed by atoms with Gasteiger partial charge in [0.1, 0.15) is 0 Å². The molecule has 1 unspecified atom stereocenters. The molecule has 1 aliphatic heterocycles. The summed E-state index contributed by atoms with van der Waals surface area (Å²) in [6.45, 7) is 4.77. The largest absolute Gasteiger partial charge is 0.416 e. The molecule has 2 aromatic rings. The van der Waals surface area contributed by atoms with Gasteiger partial charge in [-0.1, -0.05) is 18.7 Å². The predicted octanol–water partition coefficient (Wildman–Crippen LogP) is 3.07. The summed E-state index contributed by atoms with van der Waals surface area (Å²) in [4.78, 5) is 20.3. The Morgan fingerprint density at radius 1 is 1.29 bits per heavy atom. The lowest BCUT2D eigenvalue weighted by molar-refractivity contribution is -0.137. The van der Waals surface area contributed by atoms with Crippen LogP contribution in [0.15, 0.2) is 55.4 Å². The van der Waals surface area contributed by atoms with Crippen molar-refractivity contribution in [1.29, 1.82) is 0 Å². The molecule has 0 bridgehead atoms. The van der Waals surface area contributed by atoms with Crippen LogP contribution in [-0.4, -0.2) is 40.0 Å². The molecule has 1 amide bonds. The Hall–Kier alpha value is -2.94. The van der Waals surface area contributed by atoms with Crippen LogP contribution in [0.3, 0.4) is 0 Å². The van der Waals surface area contributed by atoms with Crippen LogP contribution in [-0.2, 0) is 22.3 Å². The number of likely N-dealkylation sites (tertiary alicyclic amines) is 1. The molecule has 0 aliphatic carbocycles. The van der Waals surface area contributed by atoms with Gasteiger partial charge in [-0.25, -0.2) is 9.97 Å². The third-order valence-corrected chi connectivity index (χ3v) is 3.98. The minimum Gasteiger partial charge on any atom is -0.372 e. The Kier molecular flexibility index (Phi) is 7.51. The van der Waals surface area contributed by atoms with Crippen molar-refractivity contribution < 1.29 is 22.7 Å². The van der Waals surface area contributed by atoms with E-state index in [2.05, 4.69) is 16.5 Å². The van der Waals surface area contributed by atoms with Gasteiger partial charge in [-0.3, -0.25) is 4.79 Å². The Morgan fingerprint density at radius 2 is 1.93 bits per heavy atom. The van der Waals surface area contributed by atoms with Crippen LogP contribution in [0, 0.1) is 0 Å². The monoisotopic (exact) mass is 394 g/mol. The molecular formula is C19H21F3N4O2. The van der Waals surface area contributed by atoms with Crippen LogP contribution in [0.1, 0.15) is 17.5 Å². The van der Waals surface area contributed by atoms with Gasteiger partial charge in [-0.2, -0.15) is 13.2 Å². The first kappa shape index (κ1) is 21.4. The molecule has 2 heterocycles. The first-order valence-electron chi connectivity index (χ1n) is 8.51. The van der Waals surface area contributed by atoms with Crippen LogP contribution in [0.4, 0.5) is 19.1 Å². The molecule has 2 N–H and O–H groups in total. The van der Waals surface area contributed by atoms with Gasteiger partial charge in [0.15, 0.2) is 0 Å². The van der Waals surface area contributed by atoms with E-state index in [4.69, 9.17) is 10.5 Å². The number of nitrogens with two attached hydrogens (primary N) is 1. The number of hydrogen-bond acceptors (Lipinski definition) is 5. The van der Waals surface area contributed by atoms with Gasteiger partial charge in [-0.05, 0) is 36.3 Å². The van der Waals surface area contributed by atoms with E-state index < -0.39 is 11.7 Å². The average Bonchev–Trinajstić information content (AvgIpc) is 3.15. The van der Waals surface area contributed by atoms with E-state index in [1.54, 1.807) is 23.4 Å². The van der Waals surface area contributed by atoms with Crippen LogP contribution in [0.5, 0.6) is 0 Å². The number of benzene rings is 1. The predicted molar refractivity (Wildman–Crippen MR) is 97.9 cm³/mol. The van der Waals surface area contributed by atoms with Gasteiger partial charge >= 0.3 is 6.18 Å². The van der Waals surface area contributed by atoms with E-state index in [1.165, 1.54) is 18.2 Å². The second kappa shape index (κ2) is 9.84. The number of anilines is 1. The Balaban J connectivity index is 0.000000336. The third kappa shape index (κ3) is 6.66. The summed E-state index contributed by atoms with van der Waals surface area (Å²) in [6.07, 6.45) is 0.774. The zero-order chi connectivity index (χ0) is 20.6. The molecule has 1 aromatic carbocycles. The number of aromatic nitrogens is 2. The molecule has 0 spiro atoms. The maximum atomic E-state index is 12.4. The number of carbonyl (C=O) groups excluding carboxylic acids is 1. The zero-order valence-electron chi connectivity index (χ0n) is 15.1. The Bertz CT molecular complexity index is 767. The molecular weight excluding hydrogens is 373 g/mol. The molecule has 1 saturated heterocycles. The third-order valence-electron chi connectivity index (χ3n) is 3.98. The number of nitrogen functional groups attached to an aromatic ring is 1. The molecule has 1 fully saturated rings. The maximum Gasteiger partial charge on any atom is 0.416 e. The molecule has 1 atom stereocenters. The minimum atomic E-state index is -4.32. The Labute approximate surface area is 160 Å². The first-order chi connectivity index (χ1) is 13.3. The molecule has 9 heteroatoms. The highest BCUT2D eigenvalue weighted by atomic mass is 19.4. The van der Waals surface area contributed by atoms with E-state index in [1.807, 2.05) is 0 Å². The summed E-state index contributed by atoms with van der Waals surface area (Å²) in [5, 5.41) is 0. The highest BCUT2D eigenvalue weighted by molar-refractivity contribution is 5.87. The first-order valence-corrected chi connectivity index (χ1v) is 8.51. The highest BCUT2D eigenvalue weighted by Gasteiger charge is 2.30. The summed E-state index contributed by atoms with van der Waals surface area (Å²) in [5.41, 5.74) is 5.14. The fraction of sp³-hybridized carbons (Fsp3) is 0.316. The van der Waals surface area contributed by atoms with E-state index in [0.29, 0.717) is 24.6 Å². The van der Waals surface area contributed by atoms with Crippen LogP contribution < -0.4 is 5.73 Å². The van der Waals surface area contributed by atoms with Gasteiger partial charge in [-0.15, -0.1) is 0 Å². The van der Waals surface area contributed by atoms with Crippen molar-refractivity contribution >= 4 is 11.9 Å². The van der Waals surface area contributed by atoms with Crippen molar-refractivity contribution in [3.63, 3.8) is 0 Å². The molecule has 150 valence electrons. The highest BCUT2D eigenvalue weighted by Crippen LogP contribution is 2.29. The van der Waals surface area contributed by atoms with Gasteiger partial charge in [0.25, 0.3) is 0 Å². The van der Waals surface area contributed by atoms with E-state index >= 15 is 0 Å². The van der Waals surface area contributed by atoms with Gasteiger partial charge in [0.2, 0.25) is 11.9 Å². The van der Waals surface area contributed by atoms with Crippen molar-refractivity contribution in [2.75, 3.05) is 18.8 Å². The number of nitrogens with zero attached hydrogens (tertiary/aromatic N) is 3. The molecule has 1 aliphatic rings. The maximum absolute atomic E-state index is 12.4. The summed E-state index contributed by atoms with van der Waals surface area (Å²) < 4.78 is 42.9. The fourth-order valence-electron chi connectivity index (χ4n) is 2.51. The van der Waals surface area contributed by atoms with Crippen molar-refractivity contribution in [3.8, 4) is 0 Å². The van der Waals surface area contributed by atoms with Gasteiger partial charge < -0.3 is 15.4 Å². The Morgan fingerprint density at radius 3 is 2.43 bits per heavy atom. The normalized spacial score (nSPS) is 16.2. The number of amides is 1. The summed E-state index contributed by atoms with van der Waals surface area (Å²) >= 11 is 0. The fourth-order valence-corrected chi connectivity index (χ4v) is 2.51. The lowest BCUT2D eigenvalue weighted by Crippen LogP contribution is -2.28. The number of halogens is 3. The number of hydrogen-bond donors (Lipinski definition) is 1. The smallest absolute Gasteiger partial charge is 0.372 e. The molecule has 0 saturated carbocycles. The van der Waals surface area contributed by atoms with E-state index in [9.17, 15) is 18.0 Å². The second-order valence-corrected chi connectivity index (χ2v) is 6.01. The minimum absolute atomic E-state index is 0.0869. The molecule has 6 nitrogen and oxygen atoms in total. The summed E-state index contributed by atoms with van der Waals surface area (Å²) in [7, 11) is 0. The molecule has 0 radical (unpaired) electrons. The molecule has 1 aromatic heterocycles. The van der Waals surface area contributed by atoms with Gasteiger partial charge in [0.05, 0.1) is 18.3 Å². The average molecular weight is 394 g/mol. The van der Waals surface area contributed by atoms with Gasteiger partial charge in [0, 0.05) is 25.5 Å². The zero-order valence-corrected chi connectivity index (χ0v) is 15.1. The molecule has 28 heavy (non-hydrogen) atoms. The van der Waals surface area contributed by atoms with Crippen molar-refractivity contribution in [2.45, 2.75) is 25.3 Å². The summed E-state index contributed by atoms with van der Waals surface area (Å²) in [5.74, 6) is 0.193. The SMILES string of the molecule is C=CC(=O)N1CCC(OCc2ccc(C(F)(F)F)cc2)C1.Nc1ncccn1. The van der Waals surface area contributed by atoms with Crippen LogP contribution in [0.2, 0.25) is 0 Å². The number of alkyl halides is 3. The van der Waals surface area contributed by atoms with E-state index in [0.717, 1.165) is 18.6 Å². The lowest BCUT2D eigenvalue weighted by Gasteiger charge is -2.15. The summed E-state index contributed by atoms with van der Waals surface area (Å²) in [6, 6.07) is 6.62. The number of ether oxygens (including phenoxy) is 1. The van der Waals surface area contributed by atoms with Crippen LogP contribution in [0.25, 0.3) is 0 Å². The molecule has 3 rings (SSSR count). The lowest BCUT2D eigenvalue weighted by atomic mass is 10.1. The quantitative estimate of drug-likeness (QED) is 0.806. The number of carbonyl (C=O) groups is 1. The topological polar surface area (TPSA) is 81.3 Å². The van der Waals surface area contributed by atoms with E-state index in [-0.39, 0.29) is 18.6 Å². The number of rotatable bonds is 4. The van der Waals surface area contributed by atoms with Crippen molar-refractivity contribution in [2.24, 2.45) is 0 Å².